The van der Waals surface area contributed by atoms with Gasteiger partial charge in [-0.1, -0.05) is 13.8 Å². The minimum absolute atomic E-state index is 0.00936. The molecule has 1 aliphatic rings. The molecule has 1 atom stereocenters. The third-order valence-corrected chi connectivity index (χ3v) is 6.71. The summed E-state index contributed by atoms with van der Waals surface area (Å²) in [7, 11) is -4.02. The molecule has 0 radical (unpaired) electrons. The second kappa shape index (κ2) is 10.3. The van der Waals surface area contributed by atoms with E-state index in [9.17, 15) is 18.0 Å². The van der Waals surface area contributed by atoms with Crippen molar-refractivity contribution < 1.29 is 32.2 Å². The van der Waals surface area contributed by atoms with Crippen LogP contribution in [0.25, 0.3) is 0 Å². The second-order valence-electron chi connectivity index (χ2n) is 7.26. The van der Waals surface area contributed by atoms with Crippen LogP contribution in [0.15, 0.2) is 28.5 Å². The first kappa shape index (κ1) is 24.0. The Balaban J connectivity index is 1.70. The van der Waals surface area contributed by atoms with Gasteiger partial charge in [-0.05, 0) is 25.0 Å². The first-order valence-corrected chi connectivity index (χ1v) is 12.4. The fourth-order valence-electron chi connectivity index (χ4n) is 2.91. The molecule has 0 spiro atoms. The molecule has 0 unspecified atom stereocenters. The number of esters is 1. The number of anilines is 1. The van der Waals surface area contributed by atoms with Gasteiger partial charge in [0, 0.05) is 11.4 Å². The number of aromatic nitrogens is 1. The van der Waals surface area contributed by atoms with Crippen LogP contribution in [0.2, 0.25) is 0 Å². The van der Waals surface area contributed by atoms with Crippen LogP contribution < -0.4 is 19.5 Å². The van der Waals surface area contributed by atoms with Gasteiger partial charge in [0.15, 0.2) is 16.6 Å². The molecule has 1 aromatic carbocycles. The van der Waals surface area contributed by atoms with Gasteiger partial charge in [-0.2, -0.15) is 4.72 Å². The zero-order chi connectivity index (χ0) is 23.3. The van der Waals surface area contributed by atoms with Crippen LogP contribution in [0, 0.1) is 5.92 Å². The van der Waals surface area contributed by atoms with Gasteiger partial charge in [0.25, 0.3) is 0 Å². The van der Waals surface area contributed by atoms with E-state index in [1.165, 1.54) is 18.2 Å². The van der Waals surface area contributed by atoms with Crippen molar-refractivity contribution in [2.75, 3.05) is 25.1 Å². The van der Waals surface area contributed by atoms with E-state index in [0.29, 0.717) is 30.4 Å². The third kappa shape index (κ3) is 5.96. The van der Waals surface area contributed by atoms with Gasteiger partial charge >= 0.3 is 5.97 Å². The number of amides is 1. The summed E-state index contributed by atoms with van der Waals surface area (Å²) < 4.78 is 44.1. The van der Waals surface area contributed by atoms with E-state index in [2.05, 4.69) is 15.0 Å². The summed E-state index contributed by atoms with van der Waals surface area (Å²) in [5.41, 5.74) is 0.460. The molecule has 3 rings (SSSR count). The Morgan fingerprint density at radius 2 is 1.94 bits per heavy atom. The van der Waals surface area contributed by atoms with Gasteiger partial charge in [0.2, 0.25) is 15.9 Å². The van der Waals surface area contributed by atoms with Crippen LogP contribution >= 0.6 is 11.3 Å². The van der Waals surface area contributed by atoms with Crippen LogP contribution in [0.5, 0.6) is 11.5 Å². The average Bonchev–Trinajstić information content (AvgIpc) is 3.18. The fraction of sp³-hybridized carbons (Fsp3) is 0.450. The highest BCUT2D eigenvalue weighted by molar-refractivity contribution is 7.89. The van der Waals surface area contributed by atoms with Gasteiger partial charge < -0.3 is 19.5 Å². The molecule has 0 saturated heterocycles. The maximum atomic E-state index is 12.9. The molecule has 10 nitrogen and oxygen atoms in total. The lowest BCUT2D eigenvalue weighted by Gasteiger charge is -2.22. The Kier molecular flexibility index (Phi) is 7.69. The first-order chi connectivity index (χ1) is 15.2. The van der Waals surface area contributed by atoms with Crippen LogP contribution in [0.3, 0.4) is 0 Å². The minimum Gasteiger partial charge on any atom is -0.486 e. The zero-order valence-electron chi connectivity index (χ0n) is 17.9. The lowest BCUT2D eigenvalue weighted by atomic mass is 10.1. The Morgan fingerprint density at radius 3 is 2.62 bits per heavy atom. The molecular weight excluding hydrogens is 458 g/mol. The molecule has 1 aromatic heterocycles. The number of rotatable bonds is 9. The van der Waals surface area contributed by atoms with Crippen molar-refractivity contribution in [3.05, 3.63) is 29.3 Å². The second-order valence-corrected chi connectivity index (χ2v) is 9.84. The predicted octanol–water partition coefficient (Wildman–Crippen LogP) is 1.96. The molecule has 2 N–H and O–H groups in total. The largest absolute Gasteiger partial charge is 0.486 e. The molecule has 2 heterocycles. The Hall–Kier alpha value is -2.70. The smallest absolute Gasteiger partial charge is 0.311 e. The molecule has 0 fully saturated rings. The Morgan fingerprint density at radius 1 is 1.22 bits per heavy atom. The fourth-order valence-corrected chi connectivity index (χ4v) is 4.98. The van der Waals surface area contributed by atoms with E-state index in [4.69, 9.17) is 14.2 Å². The van der Waals surface area contributed by atoms with Gasteiger partial charge in [-0.3, -0.25) is 9.59 Å². The normalized spacial score (nSPS) is 14.1. The van der Waals surface area contributed by atoms with Crippen molar-refractivity contribution in [2.24, 2.45) is 5.92 Å². The molecule has 12 heteroatoms. The Labute approximate surface area is 190 Å². The molecule has 1 amide bonds. The van der Waals surface area contributed by atoms with Crippen molar-refractivity contribution in [3.63, 3.8) is 0 Å². The van der Waals surface area contributed by atoms with E-state index in [0.717, 1.165) is 11.3 Å². The van der Waals surface area contributed by atoms with Crippen molar-refractivity contribution in [1.82, 2.24) is 9.71 Å². The summed E-state index contributed by atoms with van der Waals surface area (Å²) in [5, 5.41) is 4.52. The number of hydrogen-bond donors (Lipinski definition) is 2. The van der Waals surface area contributed by atoms with Gasteiger partial charge in [-0.15, -0.1) is 11.3 Å². The predicted molar refractivity (Wildman–Crippen MR) is 117 cm³/mol. The third-order valence-electron chi connectivity index (χ3n) is 4.47. The lowest BCUT2D eigenvalue weighted by Crippen LogP contribution is -2.47. The SMILES string of the molecule is CCOC(=O)Cc1csc(NC(=O)[C@@H](NS(=O)(=O)c2ccc3c(c2)OCCO3)C(C)C)n1. The quantitative estimate of drug-likeness (QED) is 0.517. The highest BCUT2D eigenvalue weighted by atomic mass is 32.2. The van der Waals surface area contributed by atoms with Gasteiger partial charge in [0.1, 0.15) is 19.3 Å². The van der Waals surface area contributed by atoms with E-state index in [1.54, 1.807) is 26.2 Å². The highest BCUT2D eigenvalue weighted by Gasteiger charge is 2.30. The molecule has 2 aromatic rings. The molecule has 0 bridgehead atoms. The highest BCUT2D eigenvalue weighted by Crippen LogP contribution is 2.32. The molecule has 1 aliphatic heterocycles. The van der Waals surface area contributed by atoms with Crippen LogP contribution in [0.1, 0.15) is 26.5 Å². The van der Waals surface area contributed by atoms with Gasteiger partial charge in [0.05, 0.1) is 23.6 Å². The number of fused-ring (bicyclic) bond motifs is 1. The number of thiazole rings is 1. The molecule has 0 saturated carbocycles. The number of carbonyl (C=O) groups is 2. The van der Waals surface area contributed by atoms with Crippen molar-refractivity contribution in [2.45, 2.75) is 38.1 Å². The summed E-state index contributed by atoms with van der Waals surface area (Å²) in [6.07, 6.45) is -0.00936. The van der Waals surface area contributed by atoms with Crippen molar-refractivity contribution in [3.8, 4) is 11.5 Å². The van der Waals surface area contributed by atoms with Crippen molar-refractivity contribution in [1.29, 1.82) is 0 Å². The van der Waals surface area contributed by atoms with E-state index >= 15 is 0 Å². The summed E-state index contributed by atoms with van der Waals surface area (Å²) >= 11 is 1.14. The standard InChI is InChI=1S/C20H25N3O7S2/c1-4-28-17(24)9-13-11-31-20(21-13)22-19(25)18(12(2)3)23-32(26,27)14-5-6-15-16(10-14)30-8-7-29-15/h5-6,10-12,18,23H,4,7-9H2,1-3H3,(H,21,22,25)/t18-/m0/s1. The summed E-state index contributed by atoms with van der Waals surface area (Å²) in [4.78, 5) is 28.6. The summed E-state index contributed by atoms with van der Waals surface area (Å²) in [6.45, 7) is 6.15. The number of sulfonamides is 1. The summed E-state index contributed by atoms with van der Waals surface area (Å²) in [5.74, 6) is -0.514. The first-order valence-electron chi connectivity index (χ1n) is 10.0. The monoisotopic (exact) mass is 483 g/mol. The molecular formula is C20H25N3O7S2. The maximum absolute atomic E-state index is 12.9. The average molecular weight is 484 g/mol. The number of carbonyl (C=O) groups excluding carboxylic acids is 2. The number of ether oxygens (including phenoxy) is 3. The molecule has 0 aliphatic carbocycles. The Bertz CT molecular complexity index is 1080. The number of nitrogens with one attached hydrogen (secondary N) is 2. The van der Waals surface area contributed by atoms with Crippen LogP contribution in [-0.2, 0) is 30.8 Å². The number of nitrogens with zero attached hydrogens (tertiary/aromatic N) is 1. The van der Waals surface area contributed by atoms with E-state index in [1.807, 2.05) is 0 Å². The van der Waals surface area contributed by atoms with Crippen LogP contribution in [-0.4, -0.2) is 51.1 Å². The minimum atomic E-state index is -4.02. The number of benzene rings is 1. The lowest BCUT2D eigenvalue weighted by molar-refractivity contribution is -0.142. The topological polar surface area (TPSA) is 133 Å². The van der Waals surface area contributed by atoms with E-state index < -0.39 is 27.9 Å². The van der Waals surface area contributed by atoms with Crippen LogP contribution in [0.4, 0.5) is 5.13 Å². The molecule has 32 heavy (non-hydrogen) atoms. The zero-order valence-corrected chi connectivity index (χ0v) is 19.5. The maximum Gasteiger partial charge on any atom is 0.311 e. The summed E-state index contributed by atoms with van der Waals surface area (Å²) in [6, 6.07) is 3.24. The van der Waals surface area contributed by atoms with E-state index in [-0.39, 0.29) is 29.0 Å². The van der Waals surface area contributed by atoms with Crippen molar-refractivity contribution >= 4 is 38.4 Å². The van der Waals surface area contributed by atoms with Gasteiger partial charge in [-0.25, -0.2) is 13.4 Å². The molecule has 174 valence electrons. The number of hydrogen-bond acceptors (Lipinski definition) is 9.